The Morgan fingerprint density at radius 1 is 1.23 bits per heavy atom. The molecule has 2 amide bonds. The molecule has 1 saturated heterocycles. The normalized spacial score (nSPS) is 22.1. The average molecular weight is 427 g/mol. The van der Waals surface area contributed by atoms with Crippen LogP contribution >= 0.6 is 0 Å². The lowest BCUT2D eigenvalue weighted by Crippen LogP contribution is -2.48. The average Bonchev–Trinajstić information content (AvgIpc) is 3.42. The lowest BCUT2D eigenvalue weighted by molar-refractivity contribution is -0.134. The minimum Gasteiger partial charge on any atom is -0.453 e. The Morgan fingerprint density at radius 3 is 2.81 bits per heavy atom. The molecule has 0 unspecified atom stereocenters. The number of aryl methyl sites for hydroxylation is 1. The van der Waals surface area contributed by atoms with E-state index >= 15 is 0 Å². The van der Waals surface area contributed by atoms with Crippen molar-refractivity contribution >= 4 is 12.0 Å². The molecule has 3 heterocycles. The first-order chi connectivity index (χ1) is 15.1. The van der Waals surface area contributed by atoms with Gasteiger partial charge in [-0.2, -0.15) is 0 Å². The molecule has 31 heavy (non-hydrogen) atoms. The van der Waals surface area contributed by atoms with Crippen LogP contribution in [0, 0.1) is 6.92 Å². The predicted molar refractivity (Wildman–Crippen MR) is 115 cm³/mol. The van der Waals surface area contributed by atoms with Gasteiger partial charge in [0.25, 0.3) is 0 Å². The van der Waals surface area contributed by atoms with Gasteiger partial charge in [-0.3, -0.25) is 4.79 Å². The Balaban J connectivity index is 1.67. The summed E-state index contributed by atoms with van der Waals surface area (Å²) < 4.78 is 10.7. The Bertz CT molecular complexity index is 924. The summed E-state index contributed by atoms with van der Waals surface area (Å²) in [5.41, 5.74) is 4.02. The van der Waals surface area contributed by atoms with Crippen molar-refractivity contribution in [3.63, 3.8) is 0 Å². The number of benzene rings is 1. The summed E-state index contributed by atoms with van der Waals surface area (Å²) in [5, 5.41) is 2.72. The quantitative estimate of drug-likeness (QED) is 0.766. The summed E-state index contributed by atoms with van der Waals surface area (Å²) in [4.78, 5) is 35.4. The molecule has 2 N–H and O–H groups in total. The first-order valence-electron chi connectivity index (χ1n) is 11.0. The number of aromatic amines is 1. The molecule has 0 radical (unpaired) electrons. The zero-order chi connectivity index (χ0) is 21.8. The number of amides is 2. The lowest BCUT2D eigenvalue weighted by Gasteiger charge is -2.28. The van der Waals surface area contributed by atoms with Gasteiger partial charge in [0.1, 0.15) is 11.9 Å². The first-order valence-corrected chi connectivity index (χ1v) is 11.0. The molecular weight excluding hydrogens is 396 g/mol. The van der Waals surface area contributed by atoms with Crippen molar-refractivity contribution in [2.45, 2.75) is 57.7 Å². The number of methoxy groups -OCH3 is 1. The number of carbonyl (C=O) groups excluding carboxylic acids is 2. The smallest absolute Gasteiger partial charge is 0.407 e. The zero-order valence-corrected chi connectivity index (χ0v) is 18.1. The Kier molecular flexibility index (Phi) is 6.56. The summed E-state index contributed by atoms with van der Waals surface area (Å²) >= 11 is 0. The van der Waals surface area contributed by atoms with Crippen molar-refractivity contribution in [2.24, 2.45) is 0 Å². The van der Waals surface area contributed by atoms with Crippen molar-refractivity contribution in [3.05, 3.63) is 41.3 Å². The van der Waals surface area contributed by atoms with E-state index in [1.54, 1.807) is 0 Å². The topological polar surface area (TPSA) is 96.6 Å². The highest BCUT2D eigenvalue weighted by Gasteiger charge is 2.36. The number of fused-ring (bicyclic) bond motifs is 4. The number of nitrogens with zero attached hydrogens (tertiary/aromatic N) is 2. The molecule has 2 aromatic rings. The number of hydrogen-bond acceptors (Lipinski definition) is 5. The van der Waals surface area contributed by atoms with Crippen LogP contribution < -0.4 is 5.32 Å². The molecular formula is C23H30N4O4. The molecule has 8 heteroatoms. The third kappa shape index (κ3) is 4.74. The van der Waals surface area contributed by atoms with Gasteiger partial charge in [0.2, 0.25) is 5.91 Å². The van der Waals surface area contributed by atoms with Crippen LogP contribution in [0.25, 0.3) is 11.3 Å². The minimum absolute atomic E-state index is 0.0806. The van der Waals surface area contributed by atoms with E-state index in [1.165, 1.54) is 12.7 Å². The summed E-state index contributed by atoms with van der Waals surface area (Å²) in [6.45, 7) is 3.73. The summed E-state index contributed by atoms with van der Waals surface area (Å²) in [6.07, 6.45) is 3.27. The van der Waals surface area contributed by atoms with Crippen molar-refractivity contribution in [3.8, 4) is 11.3 Å². The van der Waals surface area contributed by atoms with Gasteiger partial charge in [0.05, 0.1) is 31.1 Å². The third-order valence-corrected chi connectivity index (χ3v) is 6.03. The Morgan fingerprint density at radius 2 is 2.03 bits per heavy atom. The second-order valence-corrected chi connectivity index (χ2v) is 8.24. The Hall–Kier alpha value is -2.87. The van der Waals surface area contributed by atoms with E-state index in [0.717, 1.165) is 48.5 Å². The molecule has 2 bridgehead atoms. The fraction of sp³-hybridized carbons (Fsp3) is 0.522. The number of aromatic nitrogens is 2. The number of alkyl carbamates (subject to hydrolysis) is 1. The number of rotatable bonds is 2. The second kappa shape index (κ2) is 9.51. The van der Waals surface area contributed by atoms with Gasteiger partial charge < -0.3 is 24.7 Å². The standard InChI is InChI=1S/C23H30N4O4/c1-15-8-10-16(11-9-15)20-18-14-31-13-4-3-6-17(25-23(29)30-2)22(28)27-12-5-7-19(27)21(24-18)26-20/h8-11,17,19H,3-7,12-14H2,1-2H3,(H,24,26)(H,25,29)/t17-,19-/m0/s1. The van der Waals surface area contributed by atoms with Gasteiger partial charge in [-0.25, -0.2) is 9.78 Å². The number of imidazole rings is 1. The fourth-order valence-corrected chi connectivity index (χ4v) is 4.34. The van der Waals surface area contributed by atoms with Gasteiger partial charge in [-0.15, -0.1) is 0 Å². The van der Waals surface area contributed by atoms with Gasteiger partial charge in [-0.05, 0) is 39.0 Å². The van der Waals surface area contributed by atoms with Crippen LogP contribution in [0.4, 0.5) is 4.79 Å². The SMILES string of the molecule is COC(=O)N[C@H]1CCCCOCc2[nH]c(nc2-c2ccc(C)cc2)[C@@H]2CCCN2C1=O. The number of hydrogen-bond donors (Lipinski definition) is 2. The molecule has 2 aliphatic heterocycles. The van der Waals surface area contributed by atoms with Crippen LogP contribution in [0.3, 0.4) is 0 Å². The molecule has 0 saturated carbocycles. The summed E-state index contributed by atoms with van der Waals surface area (Å²) in [5.74, 6) is 0.694. The van der Waals surface area contributed by atoms with E-state index in [9.17, 15) is 9.59 Å². The third-order valence-electron chi connectivity index (χ3n) is 6.03. The molecule has 2 atom stereocenters. The predicted octanol–water partition coefficient (Wildman–Crippen LogP) is 3.47. The number of H-pyrrole nitrogens is 1. The molecule has 0 aliphatic carbocycles. The Labute approximate surface area is 182 Å². The van der Waals surface area contributed by atoms with E-state index in [2.05, 4.69) is 41.5 Å². The molecule has 1 aromatic carbocycles. The van der Waals surface area contributed by atoms with E-state index in [-0.39, 0.29) is 11.9 Å². The molecule has 4 rings (SSSR count). The van der Waals surface area contributed by atoms with Crippen molar-refractivity contribution in [1.29, 1.82) is 0 Å². The number of nitrogens with one attached hydrogen (secondary N) is 2. The largest absolute Gasteiger partial charge is 0.453 e. The van der Waals surface area contributed by atoms with Gasteiger partial charge in [-0.1, -0.05) is 29.8 Å². The van der Waals surface area contributed by atoms with Crippen LogP contribution in [0.5, 0.6) is 0 Å². The van der Waals surface area contributed by atoms with E-state index in [4.69, 9.17) is 14.5 Å². The molecule has 0 spiro atoms. The van der Waals surface area contributed by atoms with Gasteiger partial charge in [0, 0.05) is 18.7 Å². The van der Waals surface area contributed by atoms with Crippen LogP contribution in [0.1, 0.15) is 55.2 Å². The van der Waals surface area contributed by atoms with E-state index < -0.39 is 12.1 Å². The monoisotopic (exact) mass is 426 g/mol. The van der Waals surface area contributed by atoms with Crippen molar-refractivity contribution in [2.75, 3.05) is 20.3 Å². The summed E-state index contributed by atoms with van der Waals surface area (Å²) in [7, 11) is 1.31. The second-order valence-electron chi connectivity index (χ2n) is 8.24. The maximum Gasteiger partial charge on any atom is 0.407 e. The minimum atomic E-state index is -0.611. The highest BCUT2D eigenvalue weighted by molar-refractivity contribution is 5.86. The van der Waals surface area contributed by atoms with E-state index in [1.807, 2.05) is 4.90 Å². The van der Waals surface area contributed by atoms with Crippen molar-refractivity contribution in [1.82, 2.24) is 20.2 Å². The number of carbonyl (C=O) groups is 2. The van der Waals surface area contributed by atoms with Crippen molar-refractivity contribution < 1.29 is 19.1 Å². The number of ether oxygens (including phenoxy) is 2. The van der Waals surface area contributed by atoms with Gasteiger partial charge in [0.15, 0.2) is 0 Å². The fourth-order valence-electron chi connectivity index (χ4n) is 4.34. The highest BCUT2D eigenvalue weighted by Crippen LogP contribution is 2.34. The molecule has 1 fully saturated rings. The van der Waals surface area contributed by atoms with Crippen LogP contribution in [-0.2, 0) is 20.9 Å². The maximum absolute atomic E-state index is 13.4. The molecule has 1 aromatic heterocycles. The van der Waals surface area contributed by atoms with Crippen LogP contribution in [0.2, 0.25) is 0 Å². The van der Waals surface area contributed by atoms with Crippen LogP contribution in [-0.4, -0.2) is 53.2 Å². The summed E-state index contributed by atoms with van der Waals surface area (Å²) in [6, 6.07) is 7.52. The van der Waals surface area contributed by atoms with Gasteiger partial charge >= 0.3 is 6.09 Å². The molecule has 2 aliphatic rings. The molecule has 8 nitrogen and oxygen atoms in total. The highest BCUT2D eigenvalue weighted by atomic mass is 16.5. The first kappa shape index (κ1) is 21.4. The maximum atomic E-state index is 13.4. The van der Waals surface area contributed by atoms with E-state index in [0.29, 0.717) is 26.2 Å². The lowest BCUT2D eigenvalue weighted by atomic mass is 10.1. The zero-order valence-electron chi connectivity index (χ0n) is 18.1. The van der Waals surface area contributed by atoms with Crippen LogP contribution in [0.15, 0.2) is 24.3 Å². The molecule has 166 valence electrons.